The van der Waals surface area contributed by atoms with Crippen LogP contribution in [0.25, 0.3) is 11.3 Å². The van der Waals surface area contributed by atoms with E-state index in [1.54, 1.807) is 17.7 Å². The molecule has 0 bridgehead atoms. The third kappa shape index (κ3) is 2.85. The van der Waals surface area contributed by atoms with Crippen LogP contribution in [0, 0.1) is 0 Å². The van der Waals surface area contributed by atoms with Crippen molar-refractivity contribution in [2.45, 2.75) is 19.9 Å². The average molecular weight is 306 g/mol. The Kier molecular flexibility index (Phi) is 4.48. The van der Waals surface area contributed by atoms with Crippen LogP contribution < -0.4 is 10.3 Å². The van der Waals surface area contributed by atoms with Crippen LogP contribution in [0.3, 0.4) is 0 Å². The molecule has 110 valence electrons. The maximum atomic E-state index is 12.5. The molecule has 0 aliphatic rings. The number of aromatic nitrogens is 1. The topological polar surface area (TPSA) is 48.3 Å². The minimum absolute atomic E-state index is 0.0241. The normalized spacial score (nSPS) is 10.7. The number of carbonyl (C=O) groups excluding carboxylic acids is 1. The maximum Gasteiger partial charge on any atom is 0.263 e. The maximum absolute atomic E-state index is 12.5. The van der Waals surface area contributed by atoms with Gasteiger partial charge < -0.3 is 9.30 Å². The zero-order valence-corrected chi connectivity index (χ0v) is 12.8. The van der Waals surface area contributed by atoms with Crippen LogP contribution in [0.5, 0.6) is 5.75 Å². The highest BCUT2D eigenvalue weighted by molar-refractivity contribution is 6.67. The Bertz CT molecular complexity index is 735. The summed E-state index contributed by atoms with van der Waals surface area (Å²) >= 11 is 5.47. The van der Waals surface area contributed by atoms with Gasteiger partial charge in [-0.2, -0.15) is 0 Å². The molecule has 0 radical (unpaired) electrons. The van der Waals surface area contributed by atoms with E-state index in [0.29, 0.717) is 11.4 Å². The van der Waals surface area contributed by atoms with Crippen LogP contribution in [0.1, 0.15) is 30.2 Å². The first-order valence-electron chi connectivity index (χ1n) is 6.56. The third-order valence-electron chi connectivity index (χ3n) is 3.23. The predicted molar refractivity (Wildman–Crippen MR) is 83.3 cm³/mol. The van der Waals surface area contributed by atoms with E-state index in [0.717, 1.165) is 5.56 Å². The largest absolute Gasteiger partial charge is 0.496 e. The molecule has 1 heterocycles. The van der Waals surface area contributed by atoms with Gasteiger partial charge in [-0.25, -0.2) is 0 Å². The quantitative estimate of drug-likeness (QED) is 0.812. The fraction of sp³-hybridized carbons (Fsp3) is 0.250. The molecule has 0 aliphatic heterocycles. The number of carbonyl (C=O) groups is 1. The number of hydrogen-bond donors (Lipinski definition) is 0. The summed E-state index contributed by atoms with van der Waals surface area (Å²) in [4.78, 5) is 23.8. The van der Waals surface area contributed by atoms with Crippen LogP contribution >= 0.6 is 11.6 Å². The Morgan fingerprint density at radius 3 is 2.43 bits per heavy atom. The third-order valence-corrected chi connectivity index (χ3v) is 3.43. The number of halogens is 1. The van der Waals surface area contributed by atoms with E-state index >= 15 is 0 Å². The van der Waals surface area contributed by atoms with Crippen molar-refractivity contribution in [1.29, 1.82) is 0 Å². The summed E-state index contributed by atoms with van der Waals surface area (Å²) in [6.07, 6.45) is 0. The standard InChI is InChI=1S/C16H16ClNO3/c1-10(2)18-13(9-8-12(15(17)19)16(18)20)11-6-4-5-7-14(11)21-3/h4-10H,1-3H3. The molecule has 0 saturated heterocycles. The van der Waals surface area contributed by atoms with Gasteiger partial charge in [0.25, 0.3) is 10.8 Å². The number of pyridine rings is 1. The average Bonchev–Trinajstić information content (AvgIpc) is 2.45. The molecule has 0 spiro atoms. The molecule has 0 fully saturated rings. The molecule has 0 amide bonds. The van der Waals surface area contributed by atoms with E-state index in [4.69, 9.17) is 16.3 Å². The van der Waals surface area contributed by atoms with Crippen molar-refractivity contribution in [3.63, 3.8) is 0 Å². The van der Waals surface area contributed by atoms with Crippen molar-refractivity contribution in [1.82, 2.24) is 4.57 Å². The highest BCUT2D eigenvalue weighted by Gasteiger charge is 2.18. The molecule has 0 atom stereocenters. The lowest BCUT2D eigenvalue weighted by molar-refractivity contribution is 0.107. The van der Waals surface area contributed by atoms with Gasteiger partial charge in [0.2, 0.25) is 0 Å². The van der Waals surface area contributed by atoms with E-state index in [1.165, 1.54) is 6.07 Å². The number of methoxy groups -OCH3 is 1. The van der Waals surface area contributed by atoms with Crippen LogP contribution in [0.2, 0.25) is 0 Å². The SMILES string of the molecule is COc1ccccc1-c1ccc(C(=O)Cl)c(=O)n1C(C)C. The molecule has 5 heteroatoms. The first kappa shape index (κ1) is 15.3. The lowest BCUT2D eigenvalue weighted by Gasteiger charge is -2.18. The second kappa shape index (κ2) is 6.14. The summed E-state index contributed by atoms with van der Waals surface area (Å²) in [5.74, 6) is 0.663. The van der Waals surface area contributed by atoms with Gasteiger partial charge >= 0.3 is 0 Å². The summed E-state index contributed by atoms with van der Waals surface area (Å²) < 4.78 is 6.89. The molecule has 21 heavy (non-hydrogen) atoms. The highest BCUT2D eigenvalue weighted by Crippen LogP contribution is 2.30. The zero-order valence-electron chi connectivity index (χ0n) is 12.1. The molecule has 0 saturated carbocycles. The van der Waals surface area contributed by atoms with Crippen LogP contribution in [0.15, 0.2) is 41.2 Å². The predicted octanol–water partition coefficient (Wildman–Crippen LogP) is 3.48. The number of hydrogen-bond acceptors (Lipinski definition) is 3. The molecule has 2 rings (SSSR count). The van der Waals surface area contributed by atoms with Crippen molar-refractivity contribution < 1.29 is 9.53 Å². The molecule has 1 aromatic heterocycles. The van der Waals surface area contributed by atoms with E-state index in [-0.39, 0.29) is 11.6 Å². The molecular formula is C16H16ClNO3. The van der Waals surface area contributed by atoms with Crippen LogP contribution in [-0.2, 0) is 0 Å². The van der Waals surface area contributed by atoms with E-state index in [2.05, 4.69) is 0 Å². The molecule has 2 aromatic rings. The van der Waals surface area contributed by atoms with Gasteiger partial charge in [-0.05, 0) is 49.7 Å². The molecule has 0 aliphatic carbocycles. The van der Waals surface area contributed by atoms with Crippen molar-refractivity contribution >= 4 is 16.8 Å². The molecule has 4 nitrogen and oxygen atoms in total. The van der Waals surface area contributed by atoms with Gasteiger partial charge in [0.15, 0.2) is 0 Å². The van der Waals surface area contributed by atoms with Gasteiger partial charge in [0, 0.05) is 11.6 Å². The Labute approximate surface area is 127 Å². The zero-order chi connectivity index (χ0) is 15.6. The van der Waals surface area contributed by atoms with Gasteiger partial charge in [-0.3, -0.25) is 9.59 Å². The van der Waals surface area contributed by atoms with Crippen LogP contribution in [0.4, 0.5) is 0 Å². The monoisotopic (exact) mass is 305 g/mol. The van der Waals surface area contributed by atoms with Crippen molar-refractivity contribution in [2.24, 2.45) is 0 Å². The van der Waals surface area contributed by atoms with E-state index in [9.17, 15) is 9.59 Å². The van der Waals surface area contributed by atoms with E-state index < -0.39 is 10.8 Å². The lowest BCUT2D eigenvalue weighted by Crippen LogP contribution is -2.27. The van der Waals surface area contributed by atoms with Gasteiger partial charge in [-0.15, -0.1) is 0 Å². The summed E-state index contributed by atoms with van der Waals surface area (Å²) in [5.41, 5.74) is 1.06. The molecule has 0 N–H and O–H groups in total. The minimum atomic E-state index is -0.749. The molecule has 0 unspecified atom stereocenters. The first-order valence-corrected chi connectivity index (χ1v) is 6.94. The number of ether oxygens (including phenoxy) is 1. The Morgan fingerprint density at radius 1 is 1.19 bits per heavy atom. The van der Waals surface area contributed by atoms with Crippen LogP contribution in [-0.4, -0.2) is 16.9 Å². The Morgan fingerprint density at radius 2 is 1.86 bits per heavy atom. The number of rotatable bonds is 4. The molecular weight excluding hydrogens is 290 g/mol. The summed E-state index contributed by atoms with van der Waals surface area (Å²) in [6, 6.07) is 10.5. The van der Waals surface area contributed by atoms with Gasteiger partial charge in [0.05, 0.1) is 18.4 Å². The Balaban J connectivity index is 2.78. The smallest absolute Gasteiger partial charge is 0.263 e. The summed E-state index contributed by atoms with van der Waals surface area (Å²) in [7, 11) is 1.58. The highest BCUT2D eigenvalue weighted by atomic mass is 35.5. The summed E-state index contributed by atoms with van der Waals surface area (Å²) in [5, 5.41) is -0.749. The minimum Gasteiger partial charge on any atom is -0.496 e. The van der Waals surface area contributed by atoms with Crippen molar-refractivity contribution in [3.05, 3.63) is 52.3 Å². The van der Waals surface area contributed by atoms with Gasteiger partial charge in [-0.1, -0.05) is 12.1 Å². The summed E-state index contributed by atoms with van der Waals surface area (Å²) in [6.45, 7) is 3.76. The second-order valence-electron chi connectivity index (χ2n) is 4.88. The van der Waals surface area contributed by atoms with Crippen molar-refractivity contribution in [2.75, 3.05) is 7.11 Å². The van der Waals surface area contributed by atoms with E-state index in [1.807, 2.05) is 38.1 Å². The first-order chi connectivity index (χ1) is 9.97. The molecule has 1 aromatic carbocycles. The van der Waals surface area contributed by atoms with Gasteiger partial charge in [0.1, 0.15) is 5.75 Å². The number of benzene rings is 1. The number of para-hydroxylation sites is 1. The fourth-order valence-electron chi connectivity index (χ4n) is 2.29. The number of nitrogens with zero attached hydrogens (tertiary/aromatic N) is 1. The second-order valence-corrected chi connectivity index (χ2v) is 5.22. The fourth-order valence-corrected chi connectivity index (χ4v) is 2.43. The lowest BCUT2D eigenvalue weighted by atomic mass is 10.1. The Hall–Kier alpha value is -2.07. The van der Waals surface area contributed by atoms with Crippen molar-refractivity contribution in [3.8, 4) is 17.0 Å².